The molecule has 0 heterocycles. The van der Waals surface area contributed by atoms with Gasteiger partial charge >= 0.3 is 0 Å². The minimum Gasteiger partial charge on any atom is -0.869 e. The molecular formula is C22H22O2S. The third-order valence-electron chi connectivity index (χ3n) is 3.53. The third kappa shape index (κ3) is 4.37. The van der Waals surface area contributed by atoms with Crippen LogP contribution in [0.4, 0.5) is 0 Å². The highest BCUT2D eigenvalue weighted by Crippen LogP contribution is 2.35. The Morgan fingerprint density at radius 2 is 1.28 bits per heavy atom. The number of hydrogen-bond acceptors (Lipinski definition) is 2. The topological polar surface area (TPSA) is 32.3 Å². The van der Waals surface area contributed by atoms with Crippen LogP contribution >= 0.6 is 0 Å². The van der Waals surface area contributed by atoms with Crippen LogP contribution in [0.25, 0.3) is 0 Å². The van der Waals surface area contributed by atoms with E-state index in [-0.39, 0.29) is 11.4 Å². The molecule has 0 radical (unpaired) electrons. The number of rotatable bonds is 4. The Labute approximate surface area is 152 Å². The Morgan fingerprint density at radius 1 is 0.720 bits per heavy atom. The summed E-state index contributed by atoms with van der Waals surface area (Å²) in [7, 11) is -0.426. The molecule has 0 amide bonds. The summed E-state index contributed by atoms with van der Waals surface area (Å²) < 4.78 is 5.91. The van der Waals surface area contributed by atoms with Gasteiger partial charge in [-0.15, -0.1) is 0 Å². The lowest BCUT2D eigenvalue weighted by molar-refractivity contribution is -0.272. The van der Waals surface area contributed by atoms with Gasteiger partial charge in [0.15, 0.2) is 14.7 Å². The van der Waals surface area contributed by atoms with Crippen molar-refractivity contribution >= 4 is 10.9 Å². The molecule has 0 aliphatic heterocycles. The third-order valence-corrected chi connectivity index (χ3v) is 5.80. The van der Waals surface area contributed by atoms with Gasteiger partial charge in [-0.2, -0.15) is 0 Å². The Morgan fingerprint density at radius 3 is 1.88 bits per heavy atom. The Kier molecular flexibility index (Phi) is 5.05. The molecule has 0 aliphatic carbocycles. The van der Waals surface area contributed by atoms with Crippen molar-refractivity contribution in [2.45, 2.75) is 41.1 Å². The number of hydrogen-bond donors (Lipinski definition) is 0. The van der Waals surface area contributed by atoms with Crippen molar-refractivity contribution in [3.63, 3.8) is 0 Å². The van der Waals surface area contributed by atoms with Crippen LogP contribution in [0, 0.1) is 0 Å². The predicted molar refractivity (Wildman–Crippen MR) is 101 cm³/mol. The summed E-state index contributed by atoms with van der Waals surface area (Å²) in [5.74, 6) is 0.910. The summed E-state index contributed by atoms with van der Waals surface area (Å²) in [5, 5.41) is 12.4. The van der Waals surface area contributed by atoms with Gasteiger partial charge in [0.25, 0.3) is 0 Å². The summed E-state index contributed by atoms with van der Waals surface area (Å²) in [5.41, 5.74) is -0.232. The van der Waals surface area contributed by atoms with Crippen LogP contribution in [-0.4, -0.2) is 5.60 Å². The zero-order valence-electron chi connectivity index (χ0n) is 14.7. The molecule has 128 valence electrons. The highest BCUT2D eigenvalue weighted by molar-refractivity contribution is 7.97. The zero-order chi connectivity index (χ0) is 17.9. The molecule has 0 bridgehead atoms. The van der Waals surface area contributed by atoms with Crippen molar-refractivity contribution in [3.05, 3.63) is 78.9 Å². The fourth-order valence-electron chi connectivity index (χ4n) is 2.56. The minimum atomic E-state index is -0.426. The molecule has 0 N–H and O–H groups in total. The molecule has 3 aromatic rings. The molecule has 3 aromatic carbocycles. The molecule has 0 aromatic heterocycles. The van der Waals surface area contributed by atoms with Gasteiger partial charge < -0.3 is 9.84 Å². The van der Waals surface area contributed by atoms with E-state index in [1.165, 1.54) is 0 Å². The summed E-state index contributed by atoms with van der Waals surface area (Å²) in [6, 6.07) is 25.5. The number of benzene rings is 3. The van der Waals surface area contributed by atoms with E-state index in [1.807, 2.05) is 63.2 Å². The molecule has 3 rings (SSSR count). The minimum absolute atomic E-state index is 0.0738. The molecule has 1 unspecified atom stereocenters. The lowest BCUT2D eigenvalue weighted by Gasteiger charge is -2.21. The monoisotopic (exact) mass is 350 g/mol. The van der Waals surface area contributed by atoms with E-state index in [1.54, 1.807) is 12.1 Å². The lowest BCUT2D eigenvalue weighted by atomic mass is 10.2. The van der Waals surface area contributed by atoms with E-state index in [9.17, 15) is 5.11 Å². The van der Waals surface area contributed by atoms with Crippen LogP contribution in [0.2, 0.25) is 0 Å². The van der Waals surface area contributed by atoms with Gasteiger partial charge in [0.1, 0.15) is 11.4 Å². The van der Waals surface area contributed by atoms with Crippen molar-refractivity contribution in [1.29, 1.82) is 0 Å². The van der Waals surface area contributed by atoms with Crippen molar-refractivity contribution < 1.29 is 9.84 Å². The van der Waals surface area contributed by atoms with Gasteiger partial charge in [-0.05, 0) is 63.2 Å². The molecule has 25 heavy (non-hydrogen) atoms. The van der Waals surface area contributed by atoms with Crippen molar-refractivity contribution in [1.82, 2.24) is 0 Å². The molecule has 0 spiro atoms. The number of para-hydroxylation sites is 1. The first-order chi connectivity index (χ1) is 11.9. The molecule has 2 nitrogen and oxygen atoms in total. The highest BCUT2D eigenvalue weighted by Gasteiger charge is 2.29. The maximum Gasteiger partial charge on any atom is 0.166 e. The molecule has 1 atom stereocenters. The van der Waals surface area contributed by atoms with E-state index < -0.39 is 10.9 Å². The highest BCUT2D eigenvalue weighted by atomic mass is 32.2. The maximum absolute atomic E-state index is 12.4. The molecule has 0 aliphatic rings. The first kappa shape index (κ1) is 17.4. The quantitative estimate of drug-likeness (QED) is 0.618. The second-order valence-corrected chi connectivity index (χ2v) is 8.75. The molecule has 0 fully saturated rings. The summed E-state index contributed by atoms with van der Waals surface area (Å²) in [4.78, 5) is 3.06. The Hall–Kier alpha value is -2.39. The van der Waals surface area contributed by atoms with Gasteiger partial charge in [-0.3, -0.25) is 0 Å². The SMILES string of the molecule is CC(C)(C)Oc1ccc([S+](c2ccccc2)c2ccccc2[O-])cc1. The van der Waals surface area contributed by atoms with Crippen LogP contribution < -0.4 is 9.84 Å². The molecular weight excluding hydrogens is 328 g/mol. The Bertz CT molecular complexity index is 821. The lowest BCUT2D eigenvalue weighted by Crippen LogP contribution is -2.22. The van der Waals surface area contributed by atoms with Gasteiger partial charge in [-0.1, -0.05) is 42.1 Å². The molecule has 0 saturated carbocycles. The van der Waals surface area contributed by atoms with Crippen LogP contribution in [0.5, 0.6) is 11.5 Å². The average Bonchev–Trinajstić information content (AvgIpc) is 2.58. The van der Waals surface area contributed by atoms with Gasteiger partial charge in [0.2, 0.25) is 0 Å². The normalized spacial score (nSPS) is 12.6. The van der Waals surface area contributed by atoms with E-state index >= 15 is 0 Å². The van der Waals surface area contributed by atoms with Crippen molar-refractivity contribution in [3.8, 4) is 11.5 Å². The first-order valence-corrected chi connectivity index (χ1v) is 9.51. The van der Waals surface area contributed by atoms with E-state index in [4.69, 9.17) is 4.74 Å². The summed E-state index contributed by atoms with van der Waals surface area (Å²) in [6.45, 7) is 6.09. The second-order valence-electron chi connectivity index (χ2n) is 6.75. The van der Waals surface area contributed by atoms with Crippen LogP contribution in [0.15, 0.2) is 93.5 Å². The van der Waals surface area contributed by atoms with Crippen LogP contribution in [0.3, 0.4) is 0 Å². The van der Waals surface area contributed by atoms with Crippen molar-refractivity contribution in [2.75, 3.05) is 0 Å². The predicted octanol–water partition coefficient (Wildman–Crippen LogP) is 5.03. The Balaban J connectivity index is 2.02. The fourth-order valence-corrected chi connectivity index (χ4v) is 4.66. The standard InChI is InChI=1S/C22H22O2S/c1-22(2,3)24-17-13-15-19(16-14-17)25(18-9-5-4-6-10-18)21-12-8-7-11-20(21)23/h4-16H,1-3H3. The number of ether oxygens (including phenoxy) is 1. The van der Waals surface area contributed by atoms with Gasteiger partial charge in [0.05, 0.1) is 10.9 Å². The largest absolute Gasteiger partial charge is 0.869 e. The van der Waals surface area contributed by atoms with E-state index in [0.29, 0.717) is 0 Å². The van der Waals surface area contributed by atoms with E-state index in [0.717, 1.165) is 20.4 Å². The fraction of sp³-hybridized carbons (Fsp3) is 0.182. The zero-order valence-corrected chi connectivity index (χ0v) is 15.5. The van der Waals surface area contributed by atoms with E-state index in [2.05, 4.69) is 24.3 Å². The van der Waals surface area contributed by atoms with Crippen LogP contribution in [-0.2, 0) is 10.9 Å². The van der Waals surface area contributed by atoms with Crippen LogP contribution in [0.1, 0.15) is 20.8 Å². The second kappa shape index (κ2) is 7.24. The summed E-state index contributed by atoms with van der Waals surface area (Å²) in [6.07, 6.45) is 0. The first-order valence-electron chi connectivity index (χ1n) is 8.28. The van der Waals surface area contributed by atoms with Gasteiger partial charge in [-0.25, -0.2) is 0 Å². The van der Waals surface area contributed by atoms with Crippen molar-refractivity contribution in [2.24, 2.45) is 0 Å². The molecule has 0 saturated heterocycles. The smallest absolute Gasteiger partial charge is 0.166 e. The van der Waals surface area contributed by atoms with Gasteiger partial charge in [0, 0.05) is 0 Å². The maximum atomic E-state index is 12.4. The molecule has 3 heteroatoms. The average molecular weight is 350 g/mol. The summed E-state index contributed by atoms with van der Waals surface area (Å²) >= 11 is 0.